The summed E-state index contributed by atoms with van der Waals surface area (Å²) in [6, 6.07) is 10.7. The first kappa shape index (κ1) is 22.7. The Hall–Kier alpha value is -4.05. The highest BCUT2D eigenvalue weighted by atomic mass is 19.4. The van der Waals surface area contributed by atoms with Crippen molar-refractivity contribution in [2.75, 3.05) is 19.0 Å². The van der Waals surface area contributed by atoms with Crippen molar-refractivity contribution < 1.29 is 18.3 Å². The molecule has 0 spiro atoms. The monoisotopic (exact) mass is 481 g/mol. The maximum Gasteiger partial charge on any atom is 0.417 e. The van der Waals surface area contributed by atoms with E-state index in [4.69, 9.17) is 5.84 Å². The van der Waals surface area contributed by atoms with Crippen LogP contribution in [-0.4, -0.2) is 37.4 Å². The fraction of sp³-hybridized carbons (Fsp3) is 0.200. The topological polar surface area (TPSA) is 89.3 Å². The van der Waals surface area contributed by atoms with Gasteiger partial charge in [0.25, 0.3) is 5.56 Å². The number of nitrogens with zero attached hydrogens (tertiary/aromatic N) is 4. The van der Waals surface area contributed by atoms with E-state index in [2.05, 4.69) is 11.6 Å². The second-order valence-electron chi connectivity index (χ2n) is 8.45. The van der Waals surface area contributed by atoms with Gasteiger partial charge in [-0.3, -0.25) is 19.0 Å². The van der Waals surface area contributed by atoms with Crippen molar-refractivity contribution in [1.29, 1.82) is 0 Å². The fourth-order valence-electron chi connectivity index (χ4n) is 4.48. The van der Waals surface area contributed by atoms with E-state index in [0.717, 1.165) is 34.4 Å². The Kier molecular flexibility index (Phi) is 5.40. The number of rotatable bonds is 4. The van der Waals surface area contributed by atoms with E-state index >= 15 is 0 Å². The van der Waals surface area contributed by atoms with Crippen molar-refractivity contribution >= 4 is 10.9 Å². The quantitative estimate of drug-likeness (QED) is 0.436. The first-order valence-electron chi connectivity index (χ1n) is 10.9. The lowest BCUT2D eigenvalue weighted by Gasteiger charge is -2.30. The molecular formula is C25H22F3N5O2. The Morgan fingerprint density at radius 2 is 1.97 bits per heavy atom. The molecule has 5 rings (SSSR count). The molecule has 3 N–H and O–H groups in total. The number of pyridine rings is 2. The molecular weight excluding hydrogens is 459 g/mol. The number of hydrogen-bond donors (Lipinski definition) is 2. The molecule has 0 aliphatic carbocycles. The van der Waals surface area contributed by atoms with Gasteiger partial charge in [-0.25, -0.2) is 0 Å². The normalized spacial score (nSPS) is 13.8. The lowest BCUT2D eigenvalue weighted by Crippen LogP contribution is -2.32. The van der Waals surface area contributed by atoms with Crippen LogP contribution in [0.4, 0.5) is 13.2 Å². The lowest BCUT2D eigenvalue weighted by molar-refractivity contribution is -0.137. The van der Waals surface area contributed by atoms with Gasteiger partial charge in [0, 0.05) is 65.9 Å². The van der Waals surface area contributed by atoms with Gasteiger partial charge in [-0.15, -0.1) is 0 Å². The number of aliphatic hydroxyl groups is 1. The van der Waals surface area contributed by atoms with E-state index in [-0.39, 0.29) is 17.9 Å². The number of benzene rings is 1. The molecule has 0 radical (unpaired) electrons. The number of hydrogen-bond acceptors (Lipinski definition) is 5. The SMILES string of the molecule is C=C(CO)N1CCc2c(c3ccc(-n4ccc(-c5ccc(C(F)(F)F)cn5)cc4=O)cc3n2N)C1. The fourth-order valence-corrected chi connectivity index (χ4v) is 4.48. The van der Waals surface area contributed by atoms with Crippen LogP contribution in [0.1, 0.15) is 16.8 Å². The van der Waals surface area contributed by atoms with Crippen LogP contribution in [0.3, 0.4) is 0 Å². The molecule has 35 heavy (non-hydrogen) atoms. The first-order valence-corrected chi connectivity index (χ1v) is 10.9. The number of nitrogens with two attached hydrogens (primary N) is 1. The third kappa shape index (κ3) is 3.95. The van der Waals surface area contributed by atoms with E-state index in [1.54, 1.807) is 16.9 Å². The summed E-state index contributed by atoms with van der Waals surface area (Å²) in [7, 11) is 0. The van der Waals surface area contributed by atoms with Crippen LogP contribution in [0.25, 0.3) is 27.8 Å². The predicted octanol–water partition coefficient (Wildman–Crippen LogP) is 3.45. The molecule has 0 unspecified atom stereocenters. The molecule has 3 aromatic heterocycles. The molecule has 4 aromatic rings. The molecule has 4 heterocycles. The Bertz CT molecular complexity index is 1500. The Labute approximate surface area is 198 Å². The summed E-state index contributed by atoms with van der Waals surface area (Å²) in [5, 5.41) is 10.4. The number of halogens is 3. The molecule has 7 nitrogen and oxygen atoms in total. The van der Waals surface area contributed by atoms with Crippen molar-refractivity contribution in [3.63, 3.8) is 0 Å². The molecule has 0 saturated carbocycles. The summed E-state index contributed by atoms with van der Waals surface area (Å²) in [5.74, 6) is 6.39. The molecule has 0 bridgehead atoms. The highest BCUT2D eigenvalue weighted by molar-refractivity contribution is 5.87. The third-order valence-electron chi connectivity index (χ3n) is 6.39. The maximum atomic E-state index is 12.9. The van der Waals surface area contributed by atoms with E-state index in [1.165, 1.54) is 16.7 Å². The van der Waals surface area contributed by atoms with Crippen LogP contribution in [0, 0.1) is 0 Å². The number of aliphatic hydroxyl groups excluding tert-OH is 1. The molecule has 1 aliphatic rings. The van der Waals surface area contributed by atoms with Gasteiger partial charge in [0.05, 0.1) is 29.1 Å². The standard InChI is InChI=1S/C25H22F3N5O2/c1-15(14-34)31-8-7-22-20(13-31)19-4-3-18(11-23(19)33(22)29)32-9-6-16(10-24(32)35)21-5-2-17(12-30-21)25(26,27)28/h2-6,9-12,34H,1,7-8,13-14,29H2. The summed E-state index contributed by atoms with van der Waals surface area (Å²) in [6.45, 7) is 5.09. The number of fused-ring (bicyclic) bond motifs is 3. The van der Waals surface area contributed by atoms with Crippen molar-refractivity contribution in [3.8, 4) is 16.9 Å². The molecule has 0 amide bonds. The van der Waals surface area contributed by atoms with Crippen LogP contribution in [-0.2, 0) is 19.1 Å². The van der Waals surface area contributed by atoms with Crippen molar-refractivity contribution in [1.82, 2.24) is 19.1 Å². The molecule has 0 atom stereocenters. The molecule has 180 valence electrons. The molecule has 1 aliphatic heterocycles. The highest BCUT2D eigenvalue weighted by Gasteiger charge is 2.30. The van der Waals surface area contributed by atoms with Gasteiger partial charge in [-0.05, 0) is 30.3 Å². The number of nitrogen functional groups attached to an aromatic ring is 1. The third-order valence-corrected chi connectivity index (χ3v) is 6.39. The van der Waals surface area contributed by atoms with Crippen LogP contribution in [0.5, 0.6) is 0 Å². The second kappa shape index (κ2) is 8.31. The Morgan fingerprint density at radius 3 is 2.63 bits per heavy atom. The lowest BCUT2D eigenvalue weighted by atomic mass is 10.0. The minimum absolute atomic E-state index is 0.109. The summed E-state index contributed by atoms with van der Waals surface area (Å²) in [4.78, 5) is 18.8. The first-order chi connectivity index (χ1) is 16.7. The minimum Gasteiger partial charge on any atom is -0.390 e. The van der Waals surface area contributed by atoms with Gasteiger partial charge in [-0.1, -0.05) is 12.6 Å². The van der Waals surface area contributed by atoms with E-state index < -0.39 is 11.7 Å². The number of alkyl halides is 3. The van der Waals surface area contributed by atoms with Gasteiger partial charge in [0.1, 0.15) is 0 Å². The van der Waals surface area contributed by atoms with Gasteiger partial charge < -0.3 is 15.8 Å². The highest BCUT2D eigenvalue weighted by Crippen LogP contribution is 2.32. The summed E-state index contributed by atoms with van der Waals surface area (Å²) in [6.07, 6.45) is -1.46. The average Bonchev–Trinajstić information content (AvgIpc) is 3.13. The summed E-state index contributed by atoms with van der Waals surface area (Å²) in [5.41, 5.74) is 3.57. The van der Waals surface area contributed by atoms with Crippen LogP contribution in [0.15, 0.2) is 71.9 Å². The summed E-state index contributed by atoms with van der Waals surface area (Å²) >= 11 is 0. The van der Waals surface area contributed by atoms with E-state index in [9.17, 15) is 23.1 Å². The van der Waals surface area contributed by atoms with Crippen LogP contribution >= 0.6 is 0 Å². The molecule has 1 aromatic carbocycles. The van der Waals surface area contributed by atoms with Gasteiger partial charge in [0.2, 0.25) is 0 Å². The minimum atomic E-state index is -4.47. The van der Waals surface area contributed by atoms with Gasteiger partial charge in [0.15, 0.2) is 0 Å². The van der Waals surface area contributed by atoms with Gasteiger partial charge >= 0.3 is 6.18 Å². The van der Waals surface area contributed by atoms with Crippen molar-refractivity contribution in [2.24, 2.45) is 0 Å². The van der Waals surface area contributed by atoms with Crippen molar-refractivity contribution in [2.45, 2.75) is 19.1 Å². The van der Waals surface area contributed by atoms with Crippen LogP contribution < -0.4 is 11.4 Å². The second-order valence-corrected chi connectivity index (χ2v) is 8.45. The Balaban J connectivity index is 1.49. The summed E-state index contributed by atoms with van der Waals surface area (Å²) < 4.78 is 41.5. The zero-order valence-corrected chi connectivity index (χ0v) is 18.6. The smallest absolute Gasteiger partial charge is 0.390 e. The predicted molar refractivity (Wildman–Crippen MR) is 126 cm³/mol. The molecule has 0 fully saturated rings. The average molecular weight is 481 g/mol. The largest absolute Gasteiger partial charge is 0.417 e. The van der Waals surface area contributed by atoms with Crippen molar-refractivity contribution in [3.05, 3.63) is 94.3 Å². The number of aromatic nitrogens is 3. The van der Waals surface area contributed by atoms with E-state index in [0.29, 0.717) is 36.5 Å². The Morgan fingerprint density at radius 1 is 1.17 bits per heavy atom. The van der Waals surface area contributed by atoms with E-state index in [1.807, 2.05) is 23.1 Å². The zero-order chi connectivity index (χ0) is 24.9. The molecule has 0 saturated heterocycles. The van der Waals surface area contributed by atoms with Gasteiger partial charge in [-0.2, -0.15) is 13.2 Å². The zero-order valence-electron chi connectivity index (χ0n) is 18.6. The maximum absolute atomic E-state index is 12.9. The van der Waals surface area contributed by atoms with Crippen LogP contribution in [0.2, 0.25) is 0 Å². The molecule has 10 heteroatoms.